The van der Waals surface area contributed by atoms with Crippen molar-refractivity contribution in [3.05, 3.63) is 58.6 Å². The molecule has 0 fully saturated rings. The first kappa shape index (κ1) is 18.8. The molecule has 2 aromatic carbocycles. The predicted molar refractivity (Wildman–Crippen MR) is 111 cm³/mol. The van der Waals surface area contributed by atoms with Crippen LogP contribution >= 0.6 is 11.8 Å². The van der Waals surface area contributed by atoms with Gasteiger partial charge in [0, 0.05) is 18.0 Å². The van der Waals surface area contributed by atoms with E-state index in [0.29, 0.717) is 10.8 Å². The van der Waals surface area contributed by atoms with Crippen molar-refractivity contribution in [2.45, 2.75) is 18.6 Å². The zero-order chi connectivity index (χ0) is 20.4. The number of para-hydroxylation sites is 3. The Hall–Kier alpha value is -3.53. The molecular weight excluding hydrogens is 392 g/mol. The minimum Gasteiger partial charge on any atom is -0.324 e. The first-order valence-corrected chi connectivity index (χ1v) is 9.84. The number of hydrogen-bond acceptors (Lipinski definition) is 7. The summed E-state index contributed by atoms with van der Waals surface area (Å²) in [7, 11) is 0. The fourth-order valence-electron chi connectivity index (χ4n) is 3.13. The molecule has 0 atom stereocenters. The Kier molecular flexibility index (Phi) is 5.09. The maximum absolute atomic E-state index is 12.3. The van der Waals surface area contributed by atoms with Gasteiger partial charge >= 0.3 is 0 Å². The summed E-state index contributed by atoms with van der Waals surface area (Å²) >= 11 is 1.13. The molecule has 0 bridgehead atoms. The van der Waals surface area contributed by atoms with Gasteiger partial charge in [-0.2, -0.15) is 0 Å². The van der Waals surface area contributed by atoms with Gasteiger partial charge < -0.3 is 9.88 Å². The number of carbonyl (C=O) groups excluding carboxylic acids is 1. The first-order chi connectivity index (χ1) is 14.1. The zero-order valence-electron chi connectivity index (χ0n) is 15.4. The molecule has 0 aliphatic heterocycles. The summed E-state index contributed by atoms with van der Waals surface area (Å²) in [6.07, 6.45) is 0. The lowest BCUT2D eigenvalue weighted by Gasteiger charge is -2.05. The van der Waals surface area contributed by atoms with Gasteiger partial charge in [0.2, 0.25) is 11.1 Å². The molecule has 0 saturated heterocycles. The Morgan fingerprint density at radius 2 is 1.93 bits per heavy atom. The number of carbonyl (C=O) groups is 1. The lowest BCUT2D eigenvalue weighted by molar-refractivity contribution is -0.383. The molecule has 4 aromatic rings. The molecule has 0 unspecified atom stereocenters. The highest BCUT2D eigenvalue weighted by Crippen LogP contribution is 2.27. The van der Waals surface area contributed by atoms with E-state index in [9.17, 15) is 14.9 Å². The topological polar surface area (TPSA) is 116 Å². The summed E-state index contributed by atoms with van der Waals surface area (Å²) in [6.45, 7) is 2.76. The van der Waals surface area contributed by atoms with E-state index in [0.717, 1.165) is 34.7 Å². The van der Waals surface area contributed by atoms with Gasteiger partial charge in [-0.25, -0.2) is 4.98 Å². The number of aromatic nitrogens is 4. The summed E-state index contributed by atoms with van der Waals surface area (Å²) in [5, 5.41) is 23.4. The molecule has 146 valence electrons. The van der Waals surface area contributed by atoms with Crippen molar-refractivity contribution >= 4 is 51.1 Å². The molecule has 1 amide bonds. The summed E-state index contributed by atoms with van der Waals surface area (Å²) in [5.41, 5.74) is 2.46. The van der Waals surface area contributed by atoms with Gasteiger partial charge in [0.1, 0.15) is 11.2 Å². The third-order valence-corrected chi connectivity index (χ3v) is 5.22. The van der Waals surface area contributed by atoms with Crippen molar-refractivity contribution in [1.29, 1.82) is 0 Å². The van der Waals surface area contributed by atoms with Crippen LogP contribution in [0.4, 0.5) is 11.4 Å². The predicted octanol–water partition coefficient (Wildman–Crippen LogP) is 3.64. The average Bonchev–Trinajstić information content (AvgIpc) is 3.05. The second-order valence-electron chi connectivity index (χ2n) is 6.14. The molecule has 29 heavy (non-hydrogen) atoms. The molecule has 0 aliphatic carbocycles. The van der Waals surface area contributed by atoms with Crippen LogP contribution in [0.2, 0.25) is 0 Å². The van der Waals surface area contributed by atoms with Crippen molar-refractivity contribution in [1.82, 2.24) is 19.7 Å². The van der Waals surface area contributed by atoms with Crippen LogP contribution in [0.1, 0.15) is 6.92 Å². The van der Waals surface area contributed by atoms with Gasteiger partial charge in [-0.3, -0.25) is 14.9 Å². The van der Waals surface area contributed by atoms with Crippen molar-refractivity contribution in [2.24, 2.45) is 0 Å². The van der Waals surface area contributed by atoms with Gasteiger partial charge in [-0.1, -0.05) is 42.1 Å². The molecule has 0 radical (unpaired) electrons. The number of rotatable bonds is 6. The van der Waals surface area contributed by atoms with Gasteiger partial charge in [0.15, 0.2) is 5.65 Å². The molecule has 2 aromatic heterocycles. The maximum Gasteiger partial charge on any atom is 0.292 e. The Morgan fingerprint density at radius 3 is 2.72 bits per heavy atom. The van der Waals surface area contributed by atoms with Crippen LogP contribution in [-0.4, -0.2) is 36.3 Å². The normalized spacial score (nSPS) is 11.1. The molecule has 9 nitrogen and oxygen atoms in total. The number of anilines is 1. The first-order valence-electron chi connectivity index (χ1n) is 8.86. The number of nitro groups is 1. The molecule has 2 heterocycles. The minimum atomic E-state index is -0.534. The molecule has 0 saturated carbocycles. The van der Waals surface area contributed by atoms with Crippen LogP contribution in [-0.2, 0) is 11.3 Å². The fraction of sp³-hybridized carbons (Fsp3) is 0.158. The van der Waals surface area contributed by atoms with E-state index in [4.69, 9.17) is 0 Å². The summed E-state index contributed by atoms with van der Waals surface area (Å²) in [6, 6.07) is 13.9. The highest BCUT2D eigenvalue weighted by Gasteiger charge is 2.17. The quantitative estimate of drug-likeness (QED) is 0.294. The highest BCUT2D eigenvalue weighted by atomic mass is 32.2. The van der Waals surface area contributed by atoms with Crippen LogP contribution in [0, 0.1) is 10.1 Å². The summed E-state index contributed by atoms with van der Waals surface area (Å²) < 4.78 is 2.05. The average molecular weight is 408 g/mol. The SMILES string of the molecule is CCn1c2ccccc2c2nnc(SCC(=O)Nc3ccccc3[N+](=O)[O-])nc21. The van der Waals surface area contributed by atoms with Crippen LogP contribution in [0.3, 0.4) is 0 Å². The maximum atomic E-state index is 12.3. The number of amides is 1. The van der Waals surface area contributed by atoms with Crippen molar-refractivity contribution in [2.75, 3.05) is 11.1 Å². The van der Waals surface area contributed by atoms with Crippen LogP contribution < -0.4 is 5.32 Å². The number of aryl methyl sites for hydroxylation is 1. The van der Waals surface area contributed by atoms with Crippen molar-refractivity contribution in [3.8, 4) is 0 Å². The smallest absolute Gasteiger partial charge is 0.292 e. The van der Waals surface area contributed by atoms with E-state index >= 15 is 0 Å². The summed E-state index contributed by atoms with van der Waals surface area (Å²) in [4.78, 5) is 27.3. The highest BCUT2D eigenvalue weighted by molar-refractivity contribution is 7.99. The standard InChI is InChI=1S/C19H16N6O3S/c1-2-24-14-9-5-3-7-12(14)17-18(24)21-19(23-22-17)29-11-16(26)20-13-8-4-6-10-15(13)25(27)28/h3-10H,2,11H2,1H3,(H,20,26). The second kappa shape index (κ2) is 7.84. The number of nitrogens with one attached hydrogen (secondary N) is 1. The van der Waals surface area contributed by atoms with E-state index in [1.807, 2.05) is 31.2 Å². The summed E-state index contributed by atoms with van der Waals surface area (Å²) in [5.74, 6) is -0.380. The van der Waals surface area contributed by atoms with E-state index in [2.05, 4.69) is 25.1 Å². The Bertz CT molecular complexity index is 1240. The van der Waals surface area contributed by atoms with Crippen LogP contribution in [0.5, 0.6) is 0 Å². The molecule has 0 aliphatic rings. The monoisotopic (exact) mass is 408 g/mol. The minimum absolute atomic E-state index is 0.00554. The lowest BCUT2D eigenvalue weighted by Crippen LogP contribution is -2.15. The van der Waals surface area contributed by atoms with Gasteiger partial charge in [-0.05, 0) is 19.1 Å². The van der Waals surface area contributed by atoms with E-state index in [-0.39, 0.29) is 23.0 Å². The number of hydrogen-bond donors (Lipinski definition) is 1. The fourth-order valence-corrected chi connectivity index (χ4v) is 3.71. The van der Waals surface area contributed by atoms with E-state index in [1.165, 1.54) is 12.1 Å². The van der Waals surface area contributed by atoms with Gasteiger partial charge in [-0.15, -0.1) is 10.2 Å². The molecule has 1 N–H and O–H groups in total. The molecule has 0 spiro atoms. The Morgan fingerprint density at radius 1 is 1.17 bits per heavy atom. The van der Waals surface area contributed by atoms with Gasteiger partial charge in [0.25, 0.3) is 5.69 Å². The number of thioether (sulfide) groups is 1. The Balaban J connectivity index is 1.54. The third kappa shape index (κ3) is 3.61. The van der Waals surface area contributed by atoms with Crippen molar-refractivity contribution in [3.63, 3.8) is 0 Å². The number of fused-ring (bicyclic) bond motifs is 3. The lowest BCUT2D eigenvalue weighted by atomic mass is 10.2. The van der Waals surface area contributed by atoms with Crippen LogP contribution in [0.15, 0.2) is 53.7 Å². The Labute approximate surface area is 169 Å². The van der Waals surface area contributed by atoms with E-state index in [1.54, 1.807) is 12.1 Å². The molecular formula is C19H16N6O3S. The van der Waals surface area contributed by atoms with Gasteiger partial charge in [0.05, 0.1) is 16.2 Å². The number of nitrogens with zero attached hydrogens (tertiary/aromatic N) is 5. The van der Waals surface area contributed by atoms with E-state index < -0.39 is 4.92 Å². The number of benzene rings is 2. The largest absolute Gasteiger partial charge is 0.324 e. The third-order valence-electron chi connectivity index (χ3n) is 4.38. The zero-order valence-corrected chi connectivity index (χ0v) is 16.2. The van der Waals surface area contributed by atoms with Crippen LogP contribution in [0.25, 0.3) is 22.1 Å². The number of nitro benzene ring substituents is 1. The second-order valence-corrected chi connectivity index (χ2v) is 7.08. The molecule has 10 heteroatoms. The molecule has 4 rings (SSSR count). The van der Waals surface area contributed by atoms with Crippen molar-refractivity contribution < 1.29 is 9.72 Å².